The lowest BCUT2D eigenvalue weighted by molar-refractivity contribution is 0.656. The Bertz CT molecular complexity index is 3300. The van der Waals surface area contributed by atoms with Gasteiger partial charge in [-0.15, -0.1) is 0 Å². The Hall–Kier alpha value is -8.00. The van der Waals surface area contributed by atoms with Crippen LogP contribution in [0.25, 0.3) is 55.6 Å². The van der Waals surface area contributed by atoms with E-state index in [2.05, 4.69) is 267 Å². The third-order valence-electron chi connectivity index (χ3n) is 14.2. The summed E-state index contributed by atoms with van der Waals surface area (Å²) in [7, 11) is 0. The molecule has 0 bridgehead atoms. The molecule has 0 fully saturated rings. The number of para-hydroxylation sites is 1. The van der Waals surface area contributed by atoms with Gasteiger partial charge in [0.1, 0.15) is 0 Å². The van der Waals surface area contributed by atoms with Crippen LogP contribution >= 0.6 is 0 Å². The highest BCUT2D eigenvalue weighted by Gasteiger charge is 2.50. The molecule has 2 aliphatic rings. The van der Waals surface area contributed by atoms with Crippen molar-refractivity contribution in [3.05, 3.63) is 282 Å². The molecule has 0 unspecified atom stereocenters. The number of fused-ring (bicyclic) bond motifs is 6. The van der Waals surface area contributed by atoms with Gasteiger partial charge in [0, 0.05) is 22.5 Å². The number of hydrogen-bond donors (Lipinski definition) is 0. The van der Waals surface area contributed by atoms with E-state index in [0.717, 1.165) is 17.1 Å². The number of rotatable bonds is 8. The molecule has 65 heavy (non-hydrogen) atoms. The standard InChI is InChI=1S/C64H47N/c1-63(2)56-31-19-18-30-54(56)61-58(63)43-59-62(60(61)48-22-10-4-11-23-48)55-42-53(40-41-57(55)64(59,49-24-12-5-13-25-49)50-26-14-6-15-27-50)65(51-28-16-7-17-29-51)52-38-36-47(37-39-52)46-34-32-45(33-35-46)44-20-8-3-9-21-44/h3-43H,1-2H3. The van der Waals surface area contributed by atoms with E-state index in [9.17, 15) is 0 Å². The normalized spacial score (nSPS) is 13.6. The number of benzene rings is 10. The van der Waals surface area contributed by atoms with Crippen molar-refractivity contribution in [2.45, 2.75) is 24.7 Å². The Balaban J connectivity index is 1.11. The Morgan fingerprint density at radius 3 is 1.29 bits per heavy atom. The first-order valence-corrected chi connectivity index (χ1v) is 22.8. The Kier molecular flexibility index (Phi) is 9.14. The van der Waals surface area contributed by atoms with Gasteiger partial charge in [-0.05, 0) is 125 Å². The summed E-state index contributed by atoms with van der Waals surface area (Å²) >= 11 is 0. The van der Waals surface area contributed by atoms with Crippen LogP contribution in [0.15, 0.2) is 249 Å². The van der Waals surface area contributed by atoms with Crippen molar-refractivity contribution in [2.75, 3.05) is 4.90 Å². The molecule has 1 nitrogen and oxygen atoms in total. The zero-order valence-corrected chi connectivity index (χ0v) is 36.6. The Morgan fingerprint density at radius 2 is 0.708 bits per heavy atom. The summed E-state index contributed by atoms with van der Waals surface area (Å²) in [6.45, 7) is 4.82. The summed E-state index contributed by atoms with van der Waals surface area (Å²) in [4.78, 5) is 2.42. The number of anilines is 3. The first-order valence-electron chi connectivity index (χ1n) is 22.8. The van der Waals surface area contributed by atoms with Gasteiger partial charge in [-0.3, -0.25) is 0 Å². The summed E-state index contributed by atoms with van der Waals surface area (Å²) in [5, 5.41) is 0. The quantitative estimate of drug-likeness (QED) is 0.147. The largest absolute Gasteiger partial charge is 0.310 e. The SMILES string of the molecule is CC1(C)c2ccccc2-c2c1cc1c(c2-c2ccccc2)-c2cc(N(c3ccccc3)c3ccc(-c4ccc(-c5ccccc5)cc4)cc3)ccc2C1(c1ccccc1)c1ccccc1. The number of hydrogen-bond acceptors (Lipinski definition) is 1. The second-order valence-corrected chi connectivity index (χ2v) is 18.0. The van der Waals surface area contributed by atoms with Crippen LogP contribution in [0.1, 0.15) is 47.2 Å². The fourth-order valence-corrected chi connectivity index (χ4v) is 11.1. The van der Waals surface area contributed by atoms with Crippen LogP contribution in [0.4, 0.5) is 17.1 Å². The minimum atomic E-state index is -0.579. The zero-order chi connectivity index (χ0) is 43.5. The molecule has 0 atom stereocenters. The van der Waals surface area contributed by atoms with Crippen LogP contribution in [-0.2, 0) is 10.8 Å². The predicted octanol–water partition coefficient (Wildman–Crippen LogP) is 16.8. The van der Waals surface area contributed by atoms with Crippen molar-refractivity contribution in [1.29, 1.82) is 0 Å². The van der Waals surface area contributed by atoms with Gasteiger partial charge in [0.25, 0.3) is 0 Å². The molecule has 0 amide bonds. The molecule has 0 saturated carbocycles. The fraction of sp³-hybridized carbons (Fsp3) is 0.0625. The summed E-state index contributed by atoms with van der Waals surface area (Å²) in [5.74, 6) is 0. The molecule has 2 aliphatic carbocycles. The van der Waals surface area contributed by atoms with Gasteiger partial charge < -0.3 is 4.90 Å². The van der Waals surface area contributed by atoms with E-state index in [1.165, 1.54) is 89.0 Å². The molecule has 0 radical (unpaired) electrons. The molecule has 0 saturated heterocycles. The molecular weight excluding hydrogens is 783 g/mol. The first kappa shape index (κ1) is 38.7. The summed E-state index contributed by atoms with van der Waals surface area (Å²) in [5.41, 5.74) is 23.0. The molecule has 0 heterocycles. The third-order valence-corrected chi connectivity index (χ3v) is 14.2. The van der Waals surface area contributed by atoms with E-state index < -0.39 is 5.41 Å². The van der Waals surface area contributed by atoms with Crippen molar-refractivity contribution in [3.8, 4) is 55.6 Å². The molecular formula is C64H47N. The average Bonchev–Trinajstić information content (AvgIpc) is 3.80. The van der Waals surface area contributed by atoms with Crippen LogP contribution in [-0.4, -0.2) is 0 Å². The van der Waals surface area contributed by atoms with Crippen LogP contribution in [0, 0.1) is 0 Å². The van der Waals surface area contributed by atoms with Gasteiger partial charge in [-0.25, -0.2) is 0 Å². The molecule has 0 spiro atoms. The maximum Gasteiger partial charge on any atom is 0.0713 e. The minimum absolute atomic E-state index is 0.205. The number of nitrogens with zero attached hydrogens (tertiary/aromatic N) is 1. The predicted molar refractivity (Wildman–Crippen MR) is 272 cm³/mol. The van der Waals surface area contributed by atoms with Gasteiger partial charge >= 0.3 is 0 Å². The lowest BCUT2D eigenvalue weighted by Crippen LogP contribution is -2.29. The summed E-state index contributed by atoms with van der Waals surface area (Å²) in [6, 6.07) is 91.9. The molecule has 12 rings (SSSR count). The highest BCUT2D eigenvalue weighted by atomic mass is 15.1. The molecule has 0 aromatic heterocycles. The van der Waals surface area contributed by atoms with E-state index in [0.29, 0.717) is 0 Å². The minimum Gasteiger partial charge on any atom is -0.310 e. The molecule has 0 aliphatic heterocycles. The van der Waals surface area contributed by atoms with E-state index in [1.807, 2.05) is 0 Å². The summed E-state index contributed by atoms with van der Waals surface area (Å²) in [6.07, 6.45) is 0. The highest BCUT2D eigenvalue weighted by molar-refractivity contribution is 6.06. The zero-order valence-electron chi connectivity index (χ0n) is 36.6. The first-order chi connectivity index (χ1) is 32.0. The van der Waals surface area contributed by atoms with Gasteiger partial charge in [0.05, 0.1) is 5.41 Å². The molecule has 10 aromatic carbocycles. The smallest absolute Gasteiger partial charge is 0.0713 e. The van der Waals surface area contributed by atoms with Gasteiger partial charge in [-0.2, -0.15) is 0 Å². The highest BCUT2D eigenvalue weighted by Crippen LogP contribution is 2.64. The van der Waals surface area contributed by atoms with Crippen molar-refractivity contribution in [3.63, 3.8) is 0 Å². The van der Waals surface area contributed by atoms with Crippen LogP contribution in [0.5, 0.6) is 0 Å². The second-order valence-electron chi connectivity index (χ2n) is 18.0. The topological polar surface area (TPSA) is 3.24 Å². The monoisotopic (exact) mass is 829 g/mol. The van der Waals surface area contributed by atoms with E-state index in [1.54, 1.807) is 0 Å². The van der Waals surface area contributed by atoms with Crippen LogP contribution in [0.3, 0.4) is 0 Å². The molecule has 10 aromatic rings. The maximum absolute atomic E-state index is 2.59. The lowest BCUT2D eigenvalue weighted by atomic mass is 9.66. The van der Waals surface area contributed by atoms with Gasteiger partial charge in [-0.1, -0.05) is 226 Å². The van der Waals surface area contributed by atoms with Crippen molar-refractivity contribution >= 4 is 17.1 Å². The lowest BCUT2D eigenvalue weighted by Gasteiger charge is -2.35. The van der Waals surface area contributed by atoms with Gasteiger partial charge in [0.2, 0.25) is 0 Å². The van der Waals surface area contributed by atoms with Crippen molar-refractivity contribution in [1.82, 2.24) is 0 Å². The maximum atomic E-state index is 2.59. The van der Waals surface area contributed by atoms with Crippen molar-refractivity contribution in [2.24, 2.45) is 0 Å². The molecule has 308 valence electrons. The van der Waals surface area contributed by atoms with Gasteiger partial charge in [0.15, 0.2) is 0 Å². The second kappa shape index (κ2) is 15.4. The van der Waals surface area contributed by atoms with E-state index in [4.69, 9.17) is 0 Å². The van der Waals surface area contributed by atoms with E-state index >= 15 is 0 Å². The molecule has 1 heteroatoms. The third kappa shape index (κ3) is 6.07. The summed E-state index contributed by atoms with van der Waals surface area (Å²) < 4.78 is 0. The average molecular weight is 830 g/mol. The Labute approximate surface area is 382 Å². The van der Waals surface area contributed by atoms with Crippen LogP contribution < -0.4 is 4.90 Å². The fourth-order valence-electron chi connectivity index (χ4n) is 11.1. The van der Waals surface area contributed by atoms with E-state index in [-0.39, 0.29) is 5.41 Å². The molecule has 0 N–H and O–H groups in total. The van der Waals surface area contributed by atoms with Crippen LogP contribution in [0.2, 0.25) is 0 Å². The van der Waals surface area contributed by atoms with Crippen molar-refractivity contribution < 1.29 is 0 Å². The Morgan fingerprint density at radius 1 is 0.277 bits per heavy atom.